The van der Waals surface area contributed by atoms with Crippen molar-refractivity contribution in [2.75, 3.05) is 18.0 Å². The van der Waals surface area contributed by atoms with Crippen molar-refractivity contribution in [3.63, 3.8) is 0 Å². The maximum Gasteiger partial charge on any atom is 0.152 e. The molecule has 0 spiro atoms. The maximum absolute atomic E-state index is 13.0. The van der Waals surface area contributed by atoms with Crippen LogP contribution in [0.15, 0.2) is 18.2 Å². The van der Waals surface area contributed by atoms with Crippen molar-refractivity contribution in [2.45, 2.75) is 19.8 Å². The summed E-state index contributed by atoms with van der Waals surface area (Å²) >= 11 is 0. The molecule has 3 heteroatoms. The third-order valence-electron chi connectivity index (χ3n) is 3.24. The molecule has 1 fully saturated rings. The highest BCUT2D eigenvalue weighted by Crippen LogP contribution is 2.25. The van der Waals surface area contributed by atoms with Crippen molar-refractivity contribution >= 4 is 12.0 Å². The molecule has 1 heterocycles. The van der Waals surface area contributed by atoms with Gasteiger partial charge < -0.3 is 4.90 Å². The summed E-state index contributed by atoms with van der Waals surface area (Å²) in [5, 5.41) is 0. The predicted molar refractivity (Wildman–Crippen MR) is 62.4 cm³/mol. The van der Waals surface area contributed by atoms with E-state index in [2.05, 4.69) is 11.8 Å². The number of hydrogen-bond acceptors (Lipinski definition) is 2. The van der Waals surface area contributed by atoms with Crippen LogP contribution in [0.4, 0.5) is 10.1 Å². The van der Waals surface area contributed by atoms with E-state index < -0.39 is 0 Å². The molecule has 0 amide bonds. The van der Waals surface area contributed by atoms with Gasteiger partial charge in [0, 0.05) is 24.3 Å². The van der Waals surface area contributed by atoms with Crippen molar-refractivity contribution in [3.05, 3.63) is 29.6 Å². The average molecular weight is 221 g/mol. The molecule has 0 N–H and O–H groups in total. The van der Waals surface area contributed by atoms with Gasteiger partial charge in [-0.15, -0.1) is 0 Å². The molecule has 2 nitrogen and oxygen atoms in total. The first-order chi connectivity index (χ1) is 7.70. The van der Waals surface area contributed by atoms with Gasteiger partial charge in [0.25, 0.3) is 0 Å². The molecule has 2 rings (SSSR count). The number of aldehydes is 1. The Labute approximate surface area is 95.1 Å². The van der Waals surface area contributed by atoms with Crippen LogP contribution in [0.3, 0.4) is 0 Å². The highest BCUT2D eigenvalue weighted by atomic mass is 19.1. The van der Waals surface area contributed by atoms with Crippen LogP contribution < -0.4 is 4.90 Å². The normalized spacial score (nSPS) is 17.5. The van der Waals surface area contributed by atoms with Crippen LogP contribution in [-0.2, 0) is 0 Å². The molecule has 1 aliphatic heterocycles. The van der Waals surface area contributed by atoms with Crippen LogP contribution in [0, 0.1) is 11.7 Å². The summed E-state index contributed by atoms with van der Waals surface area (Å²) in [7, 11) is 0. The van der Waals surface area contributed by atoms with Crippen LogP contribution in [0.25, 0.3) is 0 Å². The lowest BCUT2D eigenvalue weighted by atomic mass is 9.98. The average Bonchev–Trinajstić information content (AvgIpc) is 2.30. The zero-order chi connectivity index (χ0) is 11.5. The minimum absolute atomic E-state index is 0.351. The Morgan fingerprint density at radius 3 is 2.69 bits per heavy atom. The lowest BCUT2D eigenvalue weighted by molar-refractivity contribution is 0.112. The molecule has 1 aliphatic rings. The zero-order valence-electron chi connectivity index (χ0n) is 9.45. The van der Waals surface area contributed by atoms with Gasteiger partial charge in [-0.05, 0) is 37.0 Å². The van der Waals surface area contributed by atoms with Crippen molar-refractivity contribution in [3.8, 4) is 0 Å². The summed E-state index contributed by atoms with van der Waals surface area (Å²) in [6.07, 6.45) is 3.00. The molecular formula is C13H16FNO. The lowest BCUT2D eigenvalue weighted by Crippen LogP contribution is -2.33. The van der Waals surface area contributed by atoms with E-state index in [1.807, 2.05) is 0 Å². The van der Waals surface area contributed by atoms with E-state index in [4.69, 9.17) is 0 Å². The molecule has 1 aromatic carbocycles. The number of rotatable bonds is 2. The number of piperidine rings is 1. The van der Waals surface area contributed by atoms with E-state index in [0.29, 0.717) is 5.56 Å². The number of hydrogen-bond donors (Lipinski definition) is 0. The molecule has 0 aromatic heterocycles. The van der Waals surface area contributed by atoms with Gasteiger partial charge in [0.05, 0.1) is 0 Å². The molecule has 0 aliphatic carbocycles. The van der Waals surface area contributed by atoms with Gasteiger partial charge in [-0.3, -0.25) is 4.79 Å². The van der Waals surface area contributed by atoms with Gasteiger partial charge in [-0.2, -0.15) is 0 Å². The summed E-state index contributed by atoms with van der Waals surface area (Å²) in [5.74, 6) is 0.396. The minimum Gasteiger partial charge on any atom is -0.371 e. The number of carbonyl (C=O) groups is 1. The van der Waals surface area contributed by atoms with Gasteiger partial charge in [0.1, 0.15) is 5.82 Å². The molecule has 0 radical (unpaired) electrons. The maximum atomic E-state index is 13.0. The number of carbonyl (C=O) groups excluding carboxylic acids is 1. The van der Waals surface area contributed by atoms with E-state index >= 15 is 0 Å². The molecule has 0 saturated carbocycles. The topological polar surface area (TPSA) is 20.3 Å². The van der Waals surface area contributed by atoms with Gasteiger partial charge >= 0.3 is 0 Å². The number of nitrogens with zero attached hydrogens (tertiary/aromatic N) is 1. The van der Waals surface area contributed by atoms with Crippen LogP contribution in [0.5, 0.6) is 0 Å². The zero-order valence-corrected chi connectivity index (χ0v) is 9.45. The van der Waals surface area contributed by atoms with Crippen molar-refractivity contribution < 1.29 is 9.18 Å². The van der Waals surface area contributed by atoms with E-state index in [1.54, 1.807) is 6.07 Å². The van der Waals surface area contributed by atoms with Gasteiger partial charge in [0.15, 0.2) is 6.29 Å². The standard InChI is InChI=1S/C13H16FNO/c1-10-4-6-15(7-5-10)13-3-2-12(14)8-11(13)9-16/h2-3,8-10H,4-7H2,1H3. The largest absolute Gasteiger partial charge is 0.371 e. The first kappa shape index (κ1) is 11.1. The van der Waals surface area contributed by atoms with Crippen LogP contribution in [-0.4, -0.2) is 19.4 Å². The Hall–Kier alpha value is -1.38. The summed E-state index contributed by atoms with van der Waals surface area (Å²) < 4.78 is 13.0. The van der Waals surface area contributed by atoms with Gasteiger partial charge in [-0.1, -0.05) is 6.92 Å². The van der Waals surface area contributed by atoms with E-state index in [9.17, 15) is 9.18 Å². The third kappa shape index (κ3) is 2.23. The van der Waals surface area contributed by atoms with E-state index in [1.165, 1.54) is 12.1 Å². The molecule has 1 saturated heterocycles. The van der Waals surface area contributed by atoms with Crippen molar-refractivity contribution in [2.24, 2.45) is 5.92 Å². The number of halogens is 1. The van der Waals surface area contributed by atoms with Crippen LogP contribution in [0.1, 0.15) is 30.1 Å². The fraction of sp³-hybridized carbons (Fsp3) is 0.462. The lowest BCUT2D eigenvalue weighted by Gasteiger charge is -2.32. The van der Waals surface area contributed by atoms with E-state index in [0.717, 1.165) is 43.8 Å². The fourth-order valence-corrected chi connectivity index (χ4v) is 2.16. The summed E-state index contributed by atoms with van der Waals surface area (Å²) in [5.41, 5.74) is 1.32. The van der Waals surface area contributed by atoms with Crippen LogP contribution in [0.2, 0.25) is 0 Å². The van der Waals surface area contributed by atoms with Gasteiger partial charge in [-0.25, -0.2) is 4.39 Å². The van der Waals surface area contributed by atoms with Crippen molar-refractivity contribution in [1.82, 2.24) is 0 Å². The Balaban J connectivity index is 2.23. The fourth-order valence-electron chi connectivity index (χ4n) is 2.16. The second kappa shape index (κ2) is 4.64. The van der Waals surface area contributed by atoms with Gasteiger partial charge in [0.2, 0.25) is 0 Å². The first-order valence-corrected chi connectivity index (χ1v) is 5.70. The summed E-state index contributed by atoms with van der Waals surface area (Å²) in [6, 6.07) is 4.43. The third-order valence-corrected chi connectivity index (χ3v) is 3.24. The molecular weight excluding hydrogens is 205 g/mol. The smallest absolute Gasteiger partial charge is 0.152 e. The predicted octanol–water partition coefficient (Wildman–Crippen LogP) is 2.87. The van der Waals surface area contributed by atoms with Crippen LogP contribution >= 0.6 is 0 Å². The second-order valence-corrected chi connectivity index (χ2v) is 4.49. The minimum atomic E-state index is -0.351. The highest BCUT2D eigenvalue weighted by molar-refractivity contribution is 5.84. The second-order valence-electron chi connectivity index (χ2n) is 4.49. The highest BCUT2D eigenvalue weighted by Gasteiger charge is 2.18. The number of benzene rings is 1. The Kier molecular flexibility index (Phi) is 3.22. The van der Waals surface area contributed by atoms with Crippen molar-refractivity contribution in [1.29, 1.82) is 0 Å². The Morgan fingerprint density at radius 1 is 1.38 bits per heavy atom. The molecule has 0 bridgehead atoms. The Morgan fingerprint density at radius 2 is 2.06 bits per heavy atom. The molecule has 16 heavy (non-hydrogen) atoms. The monoisotopic (exact) mass is 221 g/mol. The molecule has 0 atom stereocenters. The summed E-state index contributed by atoms with van der Waals surface area (Å²) in [6.45, 7) is 4.14. The molecule has 1 aromatic rings. The quantitative estimate of drug-likeness (QED) is 0.716. The first-order valence-electron chi connectivity index (χ1n) is 5.70. The van der Waals surface area contributed by atoms with E-state index in [-0.39, 0.29) is 5.82 Å². The summed E-state index contributed by atoms with van der Waals surface area (Å²) in [4.78, 5) is 13.1. The SMILES string of the molecule is CC1CCN(c2ccc(F)cc2C=O)CC1. The Bertz CT molecular complexity index is 384. The molecule has 86 valence electrons. The number of anilines is 1. The molecule has 0 unspecified atom stereocenters.